The third kappa shape index (κ3) is 6.10. The van der Waals surface area contributed by atoms with Crippen LogP contribution in [0.4, 0.5) is 17.6 Å². The predicted molar refractivity (Wildman–Crippen MR) is 156 cm³/mol. The van der Waals surface area contributed by atoms with Crippen LogP contribution in [0.1, 0.15) is 59.3 Å². The number of imidazole rings is 1. The van der Waals surface area contributed by atoms with Crippen molar-refractivity contribution in [3.8, 4) is 17.1 Å². The van der Waals surface area contributed by atoms with Crippen molar-refractivity contribution < 1.29 is 36.9 Å². The predicted octanol–water partition coefficient (Wildman–Crippen LogP) is 7.17. The minimum absolute atomic E-state index is 0.0133. The first-order chi connectivity index (χ1) is 21.5. The van der Waals surface area contributed by atoms with Gasteiger partial charge >= 0.3 is 5.97 Å². The molecular weight excluding hydrogens is 592 g/mol. The number of aromatic nitrogens is 4. The summed E-state index contributed by atoms with van der Waals surface area (Å²) in [5.74, 6) is -1.88. The number of aromatic carboxylic acids is 1. The summed E-state index contributed by atoms with van der Waals surface area (Å²) in [7, 11) is 0. The summed E-state index contributed by atoms with van der Waals surface area (Å²) in [5, 5.41) is 9.57. The number of hydrogen-bond donors (Lipinski definition) is 1. The van der Waals surface area contributed by atoms with Gasteiger partial charge in [-0.1, -0.05) is 26.0 Å². The van der Waals surface area contributed by atoms with Gasteiger partial charge in [-0.3, -0.25) is 4.98 Å². The molecule has 3 aromatic heterocycles. The zero-order chi connectivity index (χ0) is 31.9. The number of carboxylic acid groups (broad SMARTS) is 1. The number of nitrogens with zero attached hydrogens (tertiary/aromatic N) is 4. The standard InChI is InChI=1S/C33H28F4N4O4/c1-33(2)17-44-16-28(33)41-27-11-19(32(42)43)7-9-25(27)39-29(41)12-20-10-23(35)21(13-22(20)34)24-4-3-5-30(40-24)45-15-18-6-8-26(31(36)37)38-14-18/h3-11,13-14,28,31H,12,15-17H2,1-2H3,(H,42,43)/t28-/m1/s1. The highest BCUT2D eigenvalue weighted by atomic mass is 19.3. The molecule has 0 radical (unpaired) electrons. The van der Waals surface area contributed by atoms with Crippen molar-refractivity contribution in [1.29, 1.82) is 0 Å². The Morgan fingerprint density at radius 3 is 2.60 bits per heavy atom. The summed E-state index contributed by atoms with van der Waals surface area (Å²) in [6.45, 7) is 4.88. The smallest absolute Gasteiger partial charge is 0.335 e. The summed E-state index contributed by atoms with van der Waals surface area (Å²) in [5.41, 5.74) is 1.20. The molecule has 0 bridgehead atoms. The number of hydrogen-bond acceptors (Lipinski definition) is 6. The lowest BCUT2D eigenvalue weighted by Gasteiger charge is -2.28. The number of pyridine rings is 2. The fourth-order valence-corrected chi connectivity index (χ4v) is 5.47. The van der Waals surface area contributed by atoms with Gasteiger partial charge in [0, 0.05) is 35.2 Å². The highest BCUT2D eigenvalue weighted by molar-refractivity contribution is 5.92. The SMILES string of the molecule is CC1(C)COC[C@H]1n1c(Cc2cc(F)c(-c3cccc(OCc4ccc(C(F)F)nc4)n3)cc2F)nc2ccc(C(=O)O)cc21. The summed E-state index contributed by atoms with van der Waals surface area (Å²) in [6.07, 6.45) is -1.46. The van der Waals surface area contributed by atoms with Gasteiger partial charge in [-0.05, 0) is 48.0 Å². The van der Waals surface area contributed by atoms with Gasteiger partial charge in [0.25, 0.3) is 6.43 Å². The number of rotatable bonds is 9. The maximum Gasteiger partial charge on any atom is 0.335 e. The second kappa shape index (κ2) is 11.9. The fraction of sp³-hybridized carbons (Fsp3) is 0.273. The van der Waals surface area contributed by atoms with Crippen LogP contribution in [0, 0.1) is 17.0 Å². The van der Waals surface area contributed by atoms with Crippen LogP contribution in [0.25, 0.3) is 22.3 Å². The van der Waals surface area contributed by atoms with Gasteiger partial charge in [0.2, 0.25) is 5.88 Å². The Kier molecular flexibility index (Phi) is 8.00. The van der Waals surface area contributed by atoms with Crippen LogP contribution >= 0.6 is 0 Å². The summed E-state index contributed by atoms with van der Waals surface area (Å²) < 4.78 is 70.0. The van der Waals surface area contributed by atoms with Crippen LogP contribution in [-0.2, 0) is 17.8 Å². The normalized spacial score (nSPS) is 16.0. The Morgan fingerprint density at radius 1 is 1.09 bits per heavy atom. The molecule has 5 aromatic rings. The number of carbonyl (C=O) groups is 1. The second-order valence-electron chi connectivity index (χ2n) is 11.6. The number of fused-ring (bicyclic) bond motifs is 1. The van der Waals surface area contributed by atoms with Crippen molar-refractivity contribution in [2.75, 3.05) is 13.2 Å². The average Bonchev–Trinajstić information content (AvgIpc) is 3.54. The van der Waals surface area contributed by atoms with Crippen molar-refractivity contribution >= 4 is 17.0 Å². The molecule has 12 heteroatoms. The zero-order valence-electron chi connectivity index (χ0n) is 24.3. The van der Waals surface area contributed by atoms with E-state index in [9.17, 15) is 18.7 Å². The molecule has 0 aliphatic carbocycles. The number of halogens is 4. The van der Waals surface area contributed by atoms with E-state index in [1.807, 2.05) is 18.4 Å². The summed E-state index contributed by atoms with van der Waals surface area (Å²) >= 11 is 0. The van der Waals surface area contributed by atoms with Gasteiger partial charge in [-0.15, -0.1) is 0 Å². The van der Waals surface area contributed by atoms with E-state index in [0.29, 0.717) is 35.6 Å². The quantitative estimate of drug-likeness (QED) is 0.174. The minimum atomic E-state index is -2.68. The molecule has 45 heavy (non-hydrogen) atoms. The highest BCUT2D eigenvalue weighted by Crippen LogP contribution is 2.40. The van der Waals surface area contributed by atoms with Gasteiger partial charge in [0.05, 0.1) is 41.5 Å². The summed E-state index contributed by atoms with van der Waals surface area (Å²) in [6, 6.07) is 13.9. The molecule has 1 aliphatic rings. The van der Waals surface area contributed by atoms with Gasteiger partial charge in [0.1, 0.15) is 29.8 Å². The highest BCUT2D eigenvalue weighted by Gasteiger charge is 2.39. The molecule has 1 saturated heterocycles. The molecule has 0 spiro atoms. The molecule has 1 fully saturated rings. The third-order valence-corrected chi connectivity index (χ3v) is 7.92. The first-order valence-corrected chi connectivity index (χ1v) is 14.1. The van der Waals surface area contributed by atoms with E-state index < -0.39 is 24.0 Å². The van der Waals surface area contributed by atoms with Crippen molar-refractivity contribution in [3.63, 3.8) is 0 Å². The number of alkyl halides is 2. The van der Waals surface area contributed by atoms with E-state index in [2.05, 4.69) is 9.97 Å². The van der Waals surface area contributed by atoms with E-state index in [0.717, 1.165) is 12.1 Å². The average molecular weight is 621 g/mol. The molecule has 1 N–H and O–H groups in total. The maximum atomic E-state index is 15.6. The molecular formula is C33H28F4N4O4. The molecule has 1 atom stereocenters. The second-order valence-corrected chi connectivity index (χ2v) is 11.6. The van der Waals surface area contributed by atoms with Crippen LogP contribution in [0.15, 0.2) is 66.9 Å². The largest absolute Gasteiger partial charge is 0.478 e. The Bertz CT molecular complexity index is 1890. The Balaban J connectivity index is 1.28. The van der Waals surface area contributed by atoms with Crippen LogP contribution in [-0.4, -0.2) is 43.8 Å². The molecule has 1 aliphatic heterocycles. The lowest BCUT2D eigenvalue weighted by atomic mass is 9.87. The van der Waals surface area contributed by atoms with E-state index in [1.165, 1.54) is 36.5 Å². The Labute approximate surface area is 255 Å². The lowest BCUT2D eigenvalue weighted by Crippen LogP contribution is -2.27. The van der Waals surface area contributed by atoms with Crippen LogP contribution < -0.4 is 4.74 Å². The van der Waals surface area contributed by atoms with Crippen molar-refractivity contribution in [1.82, 2.24) is 19.5 Å². The van der Waals surface area contributed by atoms with E-state index in [1.54, 1.807) is 18.2 Å². The molecule has 4 heterocycles. The topological polar surface area (TPSA) is 99.4 Å². The van der Waals surface area contributed by atoms with Gasteiger partial charge in [-0.25, -0.2) is 32.3 Å². The molecule has 2 aromatic carbocycles. The van der Waals surface area contributed by atoms with Gasteiger partial charge in [-0.2, -0.15) is 0 Å². The number of carboxylic acids is 1. The first kappa shape index (κ1) is 30.2. The molecule has 0 saturated carbocycles. The van der Waals surface area contributed by atoms with Gasteiger partial charge < -0.3 is 19.1 Å². The molecule has 6 rings (SSSR count). The van der Waals surface area contributed by atoms with E-state index >= 15 is 8.78 Å². The fourth-order valence-electron chi connectivity index (χ4n) is 5.47. The third-order valence-electron chi connectivity index (χ3n) is 7.92. The van der Waals surface area contributed by atoms with Crippen molar-refractivity contribution in [3.05, 3.63) is 107 Å². The Hall–Kier alpha value is -4.84. The molecule has 0 amide bonds. The van der Waals surface area contributed by atoms with Crippen molar-refractivity contribution in [2.24, 2.45) is 5.41 Å². The molecule has 232 valence electrons. The Morgan fingerprint density at radius 2 is 1.91 bits per heavy atom. The number of ether oxygens (including phenoxy) is 2. The minimum Gasteiger partial charge on any atom is -0.478 e. The van der Waals surface area contributed by atoms with E-state index in [4.69, 9.17) is 14.5 Å². The lowest BCUT2D eigenvalue weighted by molar-refractivity contribution is 0.0697. The zero-order valence-corrected chi connectivity index (χ0v) is 24.3. The number of benzene rings is 2. The molecule has 0 unspecified atom stereocenters. The first-order valence-electron chi connectivity index (χ1n) is 14.1. The van der Waals surface area contributed by atoms with E-state index in [-0.39, 0.29) is 58.4 Å². The molecule has 8 nitrogen and oxygen atoms in total. The van der Waals surface area contributed by atoms with Crippen LogP contribution in [0.2, 0.25) is 0 Å². The summed E-state index contributed by atoms with van der Waals surface area (Å²) in [4.78, 5) is 24.4. The maximum absolute atomic E-state index is 15.6. The van der Waals surface area contributed by atoms with Gasteiger partial charge in [0.15, 0.2) is 0 Å². The van der Waals surface area contributed by atoms with Crippen molar-refractivity contribution in [2.45, 2.75) is 39.3 Å². The monoisotopic (exact) mass is 620 g/mol. The van der Waals surface area contributed by atoms with Crippen LogP contribution in [0.5, 0.6) is 5.88 Å². The van der Waals surface area contributed by atoms with Crippen LogP contribution in [0.3, 0.4) is 0 Å².